The van der Waals surface area contributed by atoms with Gasteiger partial charge in [0.05, 0.1) is 6.10 Å². The van der Waals surface area contributed by atoms with Gasteiger partial charge in [-0.15, -0.1) is 0 Å². The summed E-state index contributed by atoms with van der Waals surface area (Å²) in [7, 11) is 0. The Morgan fingerprint density at radius 2 is 2.07 bits per heavy atom. The first-order valence-corrected chi connectivity index (χ1v) is 5.40. The number of hydrogen-bond donors (Lipinski definition) is 1. The molecule has 1 nitrogen and oxygen atoms in total. The predicted octanol–water partition coefficient (Wildman–Crippen LogP) is 2.75. The highest BCUT2D eigenvalue weighted by Gasteiger charge is 2.21. The van der Waals surface area contributed by atoms with Gasteiger partial charge in [-0.1, -0.05) is 38.2 Å². The molecule has 0 aromatic rings. The summed E-state index contributed by atoms with van der Waals surface area (Å²) in [6.07, 6.45) is 1.50. The van der Waals surface area contributed by atoms with Crippen molar-refractivity contribution in [1.82, 2.24) is 0 Å². The fourth-order valence-electron chi connectivity index (χ4n) is 1.95. The predicted molar refractivity (Wildman–Crippen MR) is 59.7 cm³/mol. The summed E-state index contributed by atoms with van der Waals surface area (Å²) in [5.41, 5.74) is 2.52. The summed E-state index contributed by atoms with van der Waals surface area (Å²) in [5, 5.41) is 9.56. The molecule has 1 rings (SSSR count). The van der Waals surface area contributed by atoms with Crippen molar-refractivity contribution >= 4 is 0 Å². The van der Waals surface area contributed by atoms with E-state index in [4.69, 9.17) is 0 Å². The molecule has 78 valence electrons. The van der Waals surface area contributed by atoms with E-state index < -0.39 is 0 Å². The molecule has 1 aliphatic rings. The molecule has 0 fully saturated rings. The Labute approximate surface area is 87.2 Å². The zero-order valence-corrected chi connectivity index (χ0v) is 9.59. The largest absolute Gasteiger partial charge is 0.393 e. The van der Waals surface area contributed by atoms with Gasteiger partial charge in [0.2, 0.25) is 0 Å². The van der Waals surface area contributed by atoms with E-state index in [9.17, 15) is 5.11 Å². The lowest BCUT2D eigenvalue weighted by atomic mass is 9.83. The normalized spacial score (nSPS) is 27.6. The highest BCUT2D eigenvalue weighted by Crippen LogP contribution is 2.29. The van der Waals surface area contributed by atoms with E-state index in [2.05, 4.69) is 39.5 Å². The quantitative estimate of drug-likeness (QED) is 0.585. The Balaban J connectivity index is 2.86. The molecule has 2 unspecified atom stereocenters. The average Bonchev–Trinajstić information content (AvgIpc) is 2.01. The molecule has 0 radical (unpaired) electrons. The van der Waals surface area contributed by atoms with Crippen molar-refractivity contribution in [3.05, 3.63) is 11.1 Å². The lowest BCUT2D eigenvalue weighted by molar-refractivity contribution is 0.144. The van der Waals surface area contributed by atoms with Crippen molar-refractivity contribution in [1.29, 1.82) is 0 Å². The third-order valence-electron chi connectivity index (χ3n) is 2.62. The van der Waals surface area contributed by atoms with E-state index in [0.717, 1.165) is 12.8 Å². The lowest BCUT2D eigenvalue weighted by Crippen LogP contribution is -2.19. The summed E-state index contributed by atoms with van der Waals surface area (Å²) in [4.78, 5) is 0. The van der Waals surface area contributed by atoms with Crippen molar-refractivity contribution in [2.45, 2.75) is 46.6 Å². The maximum atomic E-state index is 9.56. The number of aliphatic hydroxyl groups excluding tert-OH is 1. The molecule has 1 heteroatoms. The second-order valence-corrected chi connectivity index (χ2v) is 4.61. The molecule has 0 aromatic heterocycles. The first-order chi connectivity index (χ1) is 6.50. The summed E-state index contributed by atoms with van der Waals surface area (Å²) >= 11 is 0. The molecule has 2 atom stereocenters. The van der Waals surface area contributed by atoms with Crippen molar-refractivity contribution in [2.24, 2.45) is 11.8 Å². The van der Waals surface area contributed by atoms with E-state index in [0.29, 0.717) is 11.8 Å². The minimum atomic E-state index is -0.158. The minimum Gasteiger partial charge on any atom is -0.393 e. The first-order valence-electron chi connectivity index (χ1n) is 5.40. The van der Waals surface area contributed by atoms with E-state index in [1.165, 1.54) is 11.1 Å². The molecule has 1 N–H and O–H groups in total. The standard InChI is InChI=1S/C13H20O/c1-9(2)5-6-13-10(3)7-12(14)8-11(13)4/h9-10,12,14H,7-8H2,1-4H3. The zero-order chi connectivity index (χ0) is 10.7. The molecule has 0 bridgehead atoms. The molecule has 0 saturated heterocycles. The van der Waals surface area contributed by atoms with Crippen LogP contribution in [0, 0.1) is 23.7 Å². The van der Waals surface area contributed by atoms with Gasteiger partial charge >= 0.3 is 0 Å². The maximum Gasteiger partial charge on any atom is 0.0583 e. The maximum absolute atomic E-state index is 9.56. The van der Waals surface area contributed by atoms with Crippen molar-refractivity contribution < 1.29 is 5.11 Å². The Morgan fingerprint density at radius 3 is 2.57 bits per heavy atom. The number of rotatable bonds is 0. The van der Waals surface area contributed by atoms with Crippen LogP contribution in [0.1, 0.15) is 40.5 Å². The van der Waals surface area contributed by atoms with Crippen LogP contribution in [-0.2, 0) is 0 Å². The minimum absolute atomic E-state index is 0.158. The molecule has 0 aromatic carbocycles. The number of allylic oxidation sites excluding steroid dienone is 1. The fourth-order valence-corrected chi connectivity index (χ4v) is 1.95. The van der Waals surface area contributed by atoms with Crippen LogP contribution < -0.4 is 0 Å². The lowest BCUT2D eigenvalue weighted by Gasteiger charge is -2.25. The molecule has 0 spiro atoms. The van der Waals surface area contributed by atoms with Crippen LogP contribution in [0.2, 0.25) is 0 Å². The second kappa shape index (κ2) is 4.66. The van der Waals surface area contributed by atoms with Crippen LogP contribution in [0.25, 0.3) is 0 Å². The van der Waals surface area contributed by atoms with Crippen LogP contribution in [-0.4, -0.2) is 11.2 Å². The molecular weight excluding hydrogens is 172 g/mol. The summed E-state index contributed by atoms with van der Waals surface area (Å²) in [5.74, 6) is 7.31. The Bertz CT molecular complexity index is 288. The van der Waals surface area contributed by atoms with Crippen molar-refractivity contribution in [3.63, 3.8) is 0 Å². The Hall–Kier alpha value is -0.740. The van der Waals surface area contributed by atoms with Gasteiger partial charge in [0.15, 0.2) is 0 Å². The molecule has 0 amide bonds. The van der Waals surface area contributed by atoms with Gasteiger partial charge in [0.1, 0.15) is 0 Å². The van der Waals surface area contributed by atoms with Gasteiger partial charge in [-0.3, -0.25) is 0 Å². The fraction of sp³-hybridized carbons (Fsp3) is 0.692. The summed E-state index contributed by atoms with van der Waals surface area (Å²) in [6.45, 7) is 8.44. The molecule has 0 aliphatic heterocycles. The van der Waals surface area contributed by atoms with Gasteiger partial charge in [-0.25, -0.2) is 0 Å². The highest BCUT2D eigenvalue weighted by atomic mass is 16.3. The zero-order valence-electron chi connectivity index (χ0n) is 9.59. The van der Waals surface area contributed by atoms with E-state index in [1.807, 2.05) is 0 Å². The van der Waals surface area contributed by atoms with Crippen molar-refractivity contribution in [2.75, 3.05) is 0 Å². The molecular formula is C13H20O. The van der Waals surface area contributed by atoms with Gasteiger partial charge in [0, 0.05) is 11.5 Å². The SMILES string of the molecule is CC1=C(C#CC(C)C)C(C)CC(O)C1. The van der Waals surface area contributed by atoms with Crippen LogP contribution in [0.4, 0.5) is 0 Å². The smallest absolute Gasteiger partial charge is 0.0583 e. The van der Waals surface area contributed by atoms with Gasteiger partial charge < -0.3 is 5.11 Å². The number of aliphatic hydroxyl groups is 1. The third-order valence-corrected chi connectivity index (χ3v) is 2.62. The van der Waals surface area contributed by atoms with E-state index in [-0.39, 0.29) is 6.10 Å². The second-order valence-electron chi connectivity index (χ2n) is 4.61. The van der Waals surface area contributed by atoms with E-state index >= 15 is 0 Å². The third kappa shape index (κ3) is 2.89. The molecule has 0 heterocycles. The number of hydrogen-bond acceptors (Lipinski definition) is 1. The van der Waals surface area contributed by atoms with Crippen LogP contribution in [0.15, 0.2) is 11.1 Å². The van der Waals surface area contributed by atoms with Gasteiger partial charge in [0.25, 0.3) is 0 Å². The van der Waals surface area contributed by atoms with E-state index in [1.54, 1.807) is 0 Å². The molecule has 0 saturated carbocycles. The summed E-state index contributed by atoms with van der Waals surface area (Å²) < 4.78 is 0. The van der Waals surface area contributed by atoms with Crippen LogP contribution in [0.3, 0.4) is 0 Å². The van der Waals surface area contributed by atoms with Gasteiger partial charge in [-0.2, -0.15) is 0 Å². The molecule has 1 aliphatic carbocycles. The van der Waals surface area contributed by atoms with Crippen LogP contribution in [0.5, 0.6) is 0 Å². The summed E-state index contributed by atoms with van der Waals surface area (Å²) in [6, 6.07) is 0. The monoisotopic (exact) mass is 192 g/mol. The Kier molecular flexibility index (Phi) is 3.77. The van der Waals surface area contributed by atoms with Crippen LogP contribution >= 0.6 is 0 Å². The Morgan fingerprint density at radius 1 is 1.43 bits per heavy atom. The molecule has 14 heavy (non-hydrogen) atoms. The first kappa shape index (κ1) is 11.3. The topological polar surface area (TPSA) is 20.2 Å². The average molecular weight is 192 g/mol. The highest BCUT2D eigenvalue weighted by molar-refractivity contribution is 5.37. The van der Waals surface area contributed by atoms with Gasteiger partial charge in [-0.05, 0) is 25.7 Å². The van der Waals surface area contributed by atoms with Crippen molar-refractivity contribution in [3.8, 4) is 11.8 Å².